The van der Waals surface area contributed by atoms with Crippen LogP contribution in [0.15, 0.2) is 12.8 Å². The topological polar surface area (TPSA) is 44.8 Å². The Bertz CT molecular complexity index is 233. The maximum Gasteiger partial charge on any atom is 0.306 e. The Kier molecular flexibility index (Phi) is 11.0. The Hall–Kier alpha value is -0.680. The second kappa shape index (κ2) is 11.4. The van der Waals surface area contributed by atoms with E-state index in [4.69, 9.17) is 14.2 Å². The van der Waals surface area contributed by atoms with E-state index in [0.717, 1.165) is 6.42 Å². The minimum atomic E-state index is -0.204. The number of hydrogen-bond acceptors (Lipinski definition) is 5. The van der Waals surface area contributed by atoms with Gasteiger partial charge < -0.3 is 14.2 Å². The molecule has 2 unspecified atom stereocenters. The highest BCUT2D eigenvalue weighted by atomic mass is 32.1. The first-order chi connectivity index (χ1) is 8.60. The molecule has 0 heterocycles. The smallest absolute Gasteiger partial charge is 0.306 e. The molecule has 0 aliphatic rings. The third-order valence-corrected chi connectivity index (χ3v) is 2.56. The molecule has 0 aromatic rings. The second-order valence-electron chi connectivity index (χ2n) is 4.07. The molecule has 0 bridgehead atoms. The van der Waals surface area contributed by atoms with E-state index in [1.165, 1.54) is 6.26 Å². The fourth-order valence-corrected chi connectivity index (χ4v) is 1.45. The molecule has 0 amide bonds. The van der Waals surface area contributed by atoms with Crippen molar-refractivity contribution in [3.8, 4) is 0 Å². The Balaban J connectivity index is 3.51. The molecule has 0 aromatic carbocycles. The van der Waals surface area contributed by atoms with Gasteiger partial charge in [0.2, 0.25) is 0 Å². The van der Waals surface area contributed by atoms with Gasteiger partial charge in [-0.05, 0) is 13.8 Å². The van der Waals surface area contributed by atoms with Crippen LogP contribution in [0.4, 0.5) is 0 Å². The Labute approximate surface area is 115 Å². The maximum absolute atomic E-state index is 11.2. The van der Waals surface area contributed by atoms with Gasteiger partial charge in [0.25, 0.3) is 0 Å². The molecule has 0 N–H and O–H groups in total. The highest BCUT2D eigenvalue weighted by Crippen LogP contribution is 2.04. The molecule has 2 atom stereocenters. The average molecular weight is 276 g/mol. The molecule has 0 aromatic heterocycles. The monoisotopic (exact) mass is 276 g/mol. The molecule has 0 aliphatic carbocycles. The van der Waals surface area contributed by atoms with E-state index in [0.29, 0.717) is 31.8 Å². The van der Waals surface area contributed by atoms with E-state index >= 15 is 0 Å². The largest absolute Gasteiger partial charge is 0.502 e. The summed E-state index contributed by atoms with van der Waals surface area (Å²) in [4.78, 5) is 11.2. The fourth-order valence-electron chi connectivity index (χ4n) is 1.27. The minimum Gasteiger partial charge on any atom is -0.502 e. The predicted octanol–water partition coefficient (Wildman–Crippen LogP) is 2.58. The molecule has 5 heteroatoms. The van der Waals surface area contributed by atoms with Crippen LogP contribution in [0.2, 0.25) is 0 Å². The van der Waals surface area contributed by atoms with Gasteiger partial charge in [0.05, 0.1) is 32.0 Å². The summed E-state index contributed by atoms with van der Waals surface area (Å²) in [5.41, 5.74) is 0. The Morgan fingerprint density at radius 1 is 1.28 bits per heavy atom. The van der Waals surface area contributed by atoms with Gasteiger partial charge >= 0.3 is 5.97 Å². The molecule has 18 heavy (non-hydrogen) atoms. The summed E-state index contributed by atoms with van der Waals surface area (Å²) in [6, 6.07) is 0. The van der Waals surface area contributed by atoms with E-state index in [-0.39, 0.29) is 18.2 Å². The first-order valence-electron chi connectivity index (χ1n) is 6.24. The lowest BCUT2D eigenvalue weighted by molar-refractivity contribution is -0.148. The third-order valence-electron chi connectivity index (χ3n) is 2.34. The summed E-state index contributed by atoms with van der Waals surface area (Å²) in [6.45, 7) is 8.51. The zero-order valence-electron chi connectivity index (χ0n) is 11.3. The highest BCUT2D eigenvalue weighted by Gasteiger charge is 2.09. The zero-order chi connectivity index (χ0) is 13.8. The zero-order valence-corrected chi connectivity index (χ0v) is 12.2. The molecule has 0 spiro atoms. The summed E-state index contributed by atoms with van der Waals surface area (Å²) in [5.74, 6) is 0.312. The summed E-state index contributed by atoms with van der Waals surface area (Å²) >= 11 is 3.98. The van der Waals surface area contributed by atoms with Crippen LogP contribution >= 0.6 is 12.6 Å². The van der Waals surface area contributed by atoms with Crippen molar-refractivity contribution in [2.45, 2.75) is 45.3 Å². The van der Waals surface area contributed by atoms with Crippen molar-refractivity contribution < 1.29 is 19.0 Å². The maximum atomic E-state index is 11.2. The van der Waals surface area contributed by atoms with Crippen LogP contribution in [0.1, 0.15) is 33.1 Å². The van der Waals surface area contributed by atoms with E-state index in [2.05, 4.69) is 19.2 Å². The van der Waals surface area contributed by atoms with Crippen LogP contribution in [0, 0.1) is 0 Å². The number of thiol groups is 1. The molecule has 0 saturated carbocycles. The summed E-state index contributed by atoms with van der Waals surface area (Å²) < 4.78 is 15.8. The van der Waals surface area contributed by atoms with Crippen molar-refractivity contribution in [1.29, 1.82) is 0 Å². The number of esters is 1. The molecule has 0 aliphatic heterocycles. The molecule has 0 fully saturated rings. The molecule has 0 radical (unpaired) electrons. The summed E-state index contributed by atoms with van der Waals surface area (Å²) in [6.07, 6.45) is 3.31. The van der Waals surface area contributed by atoms with Crippen molar-refractivity contribution in [2.24, 2.45) is 0 Å². The first-order valence-corrected chi connectivity index (χ1v) is 6.87. The number of hydrogen-bond donors (Lipinski definition) is 1. The number of carbonyl (C=O) groups excluding carboxylic acids is 1. The lowest BCUT2D eigenvalue weighted by Gasteiger charge is -2.16. The highest BCUT2D eigenvalue weighted by molar-refractivity contribution is 7.80. The van der Waals surface area contributed by atoms with Gasteiger partial charge in [-0.1, -0.05) is 6.58 Å². The first kappa shape index (κ1) is 17.3. The van der Waals surface area contributed by atoms with Crippen molar-refractivity contribution in [3.63, 3.8) is 0 Å². The van der Waals surface area contributed by atoms with Crippen molar-refractivity contribution in [1.82, 2.24) is 0 Å². The van der Waals surface area contributed by atoms with Gasteiger partial charge in [0.15, 0.2) is 0 Å². The van der Waals surface area contributed by atoms with Gasteiger partial charge in [-0.15, -0.1) is 0 Å². The van der Waals surface area contributed by atoms with E-state index in [9.17, 15) is 4.79 Å². The van der Waals surface area contributed by atoms with Crippen LogP contribution in [0.3, 0.4) is 0 Å². The molecule has 4 nitrogen and oxygen atoms in total. The van der Waals surface area contributed by atoms with Gasteiger partial charge in [0.1, 0.15) is 6.10 Å². The van der Waals surface area contributed by atoms with Crippen molar-refractivity contribution in [2.75, 3.05) is 19.0 Å². The van der Waals surface area contributed by atoms with Crippen LogP contribution in [0.25, 0.3) is 0 Å². The standard InChI is InChI=1S/C13H24O4S/c1-4-15-8-5-11(2)16-9-6-12(3)17-13(14)7-10-18/h4,11-12,18H,1,5-10H2,2-3H3. The third kappa shape index (κ3) is 10.5. The fraction of sp³-hybridized carbons (Fsp3) is 0.769. The predicted molar refractivity (Wildman–Crippen MR) is 74.8 cm³/mol. The summed E-state index contributed by atoms with van der Waals surface area (Å²) in [7, 11) is 0. The number of ether oxygens (including phenoxy) is 3. The van der Waals surface area contributed by atoms with Crippen molar-refractivity contribution >= 4 is 18.6 Å². The molecular formula is C13H24O4S. The lowest BCUT2D eigenvalue weighted by atomic mass is 10.2. The summed E-state index contributed by atoms with van der Waals surface area (Å²) in [5, 5.41) is 0. The minimum absolute atomic E-state index is 0.117. The van der Waals surface area contributed by atoms with Gasteiger partial charge in [0, 0.05) is 18.6 Å². The number of carbonyl (C=O) groups is 1. The quantitative estimate of drug-likeness (QED) is 0.273. The van der Waals surface area contributed by atoms with Gasteiger partial charge in [-0.3, -0.25) is 4.79 Å². The van der Waals surface area contributed by atoms with Crippen LogP contribution < -0.4 is 0 Å². The average Bonchev–Trinajstić information content (AvgIpc) is 2.29. The lowest BCUT2D eigenvalue weighted by Crippen LogP contribution is -2.19. The molecule has 106 valence electrons. The van der Waals surface area contributed by atoms with Crippen LogP contribution in [-0.4, -0.2) is 37.1 Å². The normalized spacial score (nSPS) is 13.7. The van der Waals surface area contributed by atoms with Crippen molar-refractivity contribution in [3.05, 3.63) is 12.8 Å². The van der Waals surface area contributed by atoms with Crippen LogP contribution in [-0.2, 0) is 19.0 Å². The molecule has 0 saturated heterocycles. The van der Waals surface area contributed by atoms with E-state index in [1.807, 2.05) is 13.8 Å². The van der Waals surface area contributed by atoms with Crippen LogP contribution in [0.5, 0.6) is 0 Å². The Morgan fingerprint density at radius 3 is 2.56 bits per heavy atom. The molecular weight excluding hydrogens is 252 g/mol. The number of rotatable bonds is 11. The van der Waals surface area contributed by atoms with Gasteiger partial charge in [-0.25, -0.2) is 0 Å². The molecule has 0 rings (SSSR count). The van der Waals surface area contributed by atoms with Gasteiger partial charge in [-0.2, -0.15) is 12.6 Å². The Morgan fingerprint density at radius 2 is 1.94 bits per heavy atom. The SMILES string of the molecule is C=COCCC(C)OCCC(C)OC(=O)CCS. The van der Waals surface area contributed by atoms with E-state index in [1.54, 1.807) is 0 Å². The van der Waals surface area contributed by atoms with E-state index < -0.39 is 0 Å². The second-order valence-corrected chi connectivity index (χ2v) is 4.52.